The Labute approximate surface area is 208 Å². The first-order chi connectivity index (χ1) is 17.4. The number of rotatable bonds is 7. The van der Waals surface area contributed by atoms with Gasteiger partial charge in [0.25, 0.3) is 0 Å². The van der Waals surface area contributed by atoms with E-state index in [-0.39, 0.29) is 30.1 Å². The second kappa shape index (κ2) is 10.4. The Balaban J connectivity index is 1.45. The molecule has 0 spiro atoms. The SMILES string of the molecule is O=C(NCc1cc(-c2ccc(OC(F)(F)F)cc2)ncn1)[C@@H]1[C@@H](F)CCN1S(=O)(=O)c1ccc(F)cc1. The first-order valence-electron chi connectivity index (χ1n) is 10.8. The van der Waals surface area contributed by atoms with Crippen LogP contribution < -0.4 is 10.1 Å². The number of hydrogen-bond donors (Lipinski definition) is 1. The van der Waals surface area contributed by atoms with Crippen molar-refractivity contribution < 1.29 is 39.9 Å². The molecule has 2 atom stereocenters. The molecule has 1 aromatic heterocycles. The van der Waals surface area contributed by atoms with Gasteiger partial charge in [-0.3, -0.25) is 4.79 Å². The van der Waals surface area contributed by atoms with Crippen LogP contribution in [0.5, 0.6) is 5.75 Å². The van der Waals surface area contributed by atoms with Gasteiger partial charge in [-0.05, 0) is 61.0 Å². The van der Waals surface area contributed by atoms with E-state index in [1.54, 1.807) is 0 Å². The van der Waals surface area contributed by atoms with Gasteiger partial charge in [-0.2, -0.15) is 4.31 Å². The third kappa shape index (κ3) is 6.20. The summed E-state index contributed by atoms with van der Waals surface area (Å²) in [5.41, 5.74) is 1.07. The standard InChI is InChI=1S/C23H19F5N4O4S/c24-15-3-7-18(8-4-15)37(34,35)32-10-9-19(25)21(32)22(33)29-12-16-11-20(31-13-30-16)14-1-5-17(6-2-14)36-23(26,27)28/h1-8,11,13,19,21H,9-10,12H2,(H,29,33)/t19-,21-/m0/s1. The molecule has 0 radical (unpaired) electrons. The van der Waals surface area contributed by atoms with Gasteiger partial charge in [-0.25, -0.2) is 27.2 Å². The summed E-state index contributed by atoms with van der Waals surface area (Å²) >= 11 is 0. The largest absolute Gasteiger partial charge is 0.573 e. The fraction of sp³-hybridized carbons (Fsp3) is 0.261. The van der Waals surface area contributed by atoms with Crippen LogP contribution in [0, 0.1) is 5.82 Å². The molecular formula is C23H19F5N4O4S. The Kier molecular flexibility index (Phi) is 7.41. The number of sulfonamides is 1. The lowest BCUT2D eigenvalue weighted by Crippen LogP contribution is -2.49. The summed E-state index contributed by atoms with van der Waals surface area (Å²) in [5.74, 6) is -1.94. The summed E-state index contributed by atoms with van der Waals surface area (Å²) in [4.78, 5) is 20.6. The predicted octanol–water partition coefficient (Wildman–Crippen LogP) is 3.60. The lowest BCUT2D eigenvalue weighted by atomic mass is 10.1. The summed E-state index contributed by atoms with van der Waals surface area (Å²) in [6.45, 7) is -0.429. The molecular weight excluding hydrogens is 523 g/mol. The first-order valence-corrected chi connectivity index (χ1v) is 12.2. The maximum absolute atomic E-state index is 14.6. The van der Waals surface area contributed by atoms with Gasteiger partial charge in [0.1, 0.15) is 30.1 Å². The number of alkyl halides is 4. The molecule has 1 N–H and O–H groups in total. The van der Waals surface area contributed by atoms with Gasteiger partial charge in [0.15, 0.2) is 0 Å². The van der Waals surface area contributed by atoms with Gasteiger partial charge in [-0.15, -0.1) is 13.2 Å². The molecule has 1 amide bonds. The van der Waals surface area contributed by atoms with E-state index in [1.807, 2.05) is 0 Å². The van der Waals surface area contributed by atoms with Crippen molar-refractivity contribution in [2.45, 2.75) is 36.4 Å². The summed E-state index contributed by atoms with van der Waals surface area (Å²) < 4.78 is 95.3. The van der Waals surface area contributed by atoms with Gasteiger partial charge >= 0.3 is 6.36 Å². The van der Waals surface area contributed by atoms with Crippen molar-refractivity contribution in [3.05, 3.63) is 72.4 Å². The van der Waals surface area contributed by atoms with E-state index >= 15 is 0 Å². The molecule has 1 fully saturated rings. The van der Waals surface area contributed by atoms with E-state index in [4.69, 9.17) is 0 Å². The molecule has 0 unspecified atom stereocenters. The van der Waals surface area contributed by atoms with Crippen LogP contribution in [0.25, 0.3) is 11.3 Å². The van der Waals surface area contributed by atoms with Crippen molar-refractivity contribution in [3.63, 3.8) is 0 Å². The van der Waals surface area contributed by atoms with Crippen molar-refractivity contribution in [1.29, 1.82) is 0 Å². The molecule has 2 aromatic carbocycles. The maximum atomic E-state index is 14.6. The van der Waals surface area contributed by atoms with Gasteiger partial charge in [0, 0.05) is 12.1 Å². The molecule has 196 valence electrons. The van der Waals surface area contributed by atoms with E-state index in [9.17, 15) is 35.2 Å². The number of nitrogens with one attached hydrogen (secondary N) is 1. The van der Waals surface area contributed by atoms with Gasteiger partial charge in [-0.1, -0.05) is 0 Å². The molecule has 1 saturated heterocycles. The van der Waals surface area contributed by atoms with Crippen LogP contribution in [0.3, 0.4) is 0 Å². The fourth-order valence-corrected chi connectivity index (χ4v) is 5.42. The minimum atomic E-state index is -4.83. The van der Waals surface area contributed by atoms with Crippen LogP contribution in [-0.2, 0) is 21.4 Å². The van der Waals surface area contributed by atoms with Crippen LogP contribution in [0.4, 0.5) is 22.0 Å². The number of ether oxygens (including phenoxy) is 1. The number of amides is 1. The quantitative estimate of drug-likeness (QED) is 0.458. The molecule has 14 heteroatoms. The third-order valence-electron chi connectivity index (χ3n) is 5.52. The highest BCUT2D eigenvalue weighted by molar-refractivity contribution is 7.89. The minimum absolute atomic E-state index is 0.190. The summed E-state index contributed by atoms with van der Waals surface area (Å²) in [5, 5.41) is 2.47. The average Bonchev–Trinajstić information content (AvgIpc) is 3.25. The Hall–Kier alpha value is -3.65. The van der Waals surface area contributed by atoms with E-state index in [0.717, 1.165) is 40.7 Å². The zero-order valence-electron chi connectivity index (χ0n) is 18.8. The number of benzene rings is 2. The molecule has 8 nitrogen and oxygen atoms in total. The second-order valence-corrected chi connectivity index (χ2v) is 9.89. The average molecular weight is 542 g/mol. The number of aromatic nitrogens is 2. The Morgan fingerprint density at radius 1 is 1.08 bits per heavy atom. The topological polar surface area (TPSA) is 101 Å². The lowest BCUT2D eigenvalue weighted by molar-refractivity contribution is -0.274. The predicted molar refractivity (Wildman–Crippen MR) is 120 cm³/mol. The normalized spacial score (nSPS) is 18.5. The fourth-order valence-electron chi connectivity index (χ4n) is 3.80. The number of hydrogen-bond acceptors (Lipinski definition) is 6. The lowest BCUT2D eigenvalue weighted by Gasteiger charge is -2.24. The molecule has 0 saturated carbocycles. The number of halogens is 5. The Morgan fingerprint density at radius 3 is 2.41 bits per heavy atom. The highest BCUT2D eigenvalue weighted by atomic mass is 32.2. The molecule has 0 aliphatic carbocycles. The Morgan fingerprint density at radius 2 is 1.76 bits per heavy atom. The van der Waals surface area contributed by atoms with Gasteiger partial charge in [0.2, 0.25) is 15.9 Å². The first kappa shape index (κ1) is 26.4. The molecule has 37 heavy (non-hydrogen) atoms. The van der Waals surface area contributed by atoms with Crippen LogP contribution >= 0.6 is 0 Å². The van der Waals surface area contributed by atoms with E-state index in [2.05, 4.69) is 20.0 Å². The van der Waals surface area contributed by atoms with Crippen LogP contribution in [0.15, 0.2) is 65.8 Å². The highest BCUT2D eigenvalue weighted by Gasteiger charge is 2.46. The van der Waals surface area contributed by atoms with Crippen molar-refractivity contribution in [1.82, 2.24) is 19.6 Å². The third-order valence-corrected chi connectivity index (χ3v) is 7.41. The zero-order chi connectivity index (χ0) is 26.8. The highest BCUT2D eigenvalue weighted by Crippen LogP contribution is 2.29. The van der Waals surface area contributed by atoms with Crippen LogP contribution in [-0.4, -0.2) is 53.7 Å². The summed E-state index contributed by atoms with van der Waals surface area (Å²) in [6, 6.07) is 8.76. The molecule has 2 heterocycles. The molecule has 4 rings (SSSR count). The molecule has 0 bridgehead atoms. The summed E-state index contributed by atoms with van der Waals surface area (Å²) in [6.07, 6.45) is -5.60. The zero-order valence-corrected chi connectivity index (χ0v) is 19.6. The van der Waals surface area contributed by atoms with Crippen molar-refractivity contribution in [2.24, 2.45) is 0 Å². The van der Waals surface area contributed by atoms with Crippen molar-refractivity contribution in [3.8, 4) is 17.0 Å². The van der Waals surface area contributed by atoms with E-state index in [1.165, 1.54) is 24.5 Å². The minimum Gasteiger partial charge on any atom is -0.406 e. The van der Waals surface area contributed by atoms with Crippen LogP contribution in [0.1, 0.15) is 12.1 Å². The molecule has 1 aliphatic heterocycles. The van der Waals surface area contributed by atoms with E-state index < -0.39 is 46.1 Å². The molecule has 1 aliphatic rings. The smallest absolute Gasteiger partial charge is 0.406 e. The van der Waals surface area contributed by atoms with Crippen LogP contribution in [0.2, 0.25) is 0 Å². The number of carbonyl (C=O) groups is 1. The number of nitrogens with zero attached hydrogens (tertiary/aromatic N) is 3. The Bertz CT molecular complexity index is 1370. The maximum Gasteiger partial charge on any atom is 0.573 e. The second-order valence-electron chi connectivity index (χ2n) is 8.00. The summed E-state index contributed by atoms with van der Waals surface area (Å²) in [7, 11) is -4.26. The van der Waals surface area contributed by atoms with E-state index in [0.29, 0.717) is 11.3 Å². The van der Waals surface area contributed by atoms with Crippen molar-refractivity contribution in [2.75, 3.05) is 6.54 Å². The van der Waals surface area contributed by atoms with Gasteiger partial charge in [0.05, 0.1) is 22.8 Å². The van der Waals surface area contributed by atoms with Crippen molar-refractivity contribution >= 4 is 15.9 Å². The number of carbonyl (C=O) groups excluding carboxylic acids is 1. The van der Waals surface area contributed by atoms with Gasteiger partial charge < -0.3 is 10.1 Å². The molecule has 3 aromatic rings. The monoisotopic (exact) mass is 542 g/mol.